The lowest BCUT2D eigenvalue weighted by molar-refractivity contribution is -0.385. The van der Waals surface area contributed by atoms with Gasteiger partial charge in [0.1, 0.15) is 7.14 Å². The van der Waals surface area contributed by atoms with Crippen LogP contribution < -0.4 is 15.4 Å². The van der Waals surface area contributed by atoms with Gasteiger partial charge >= 0.3 is 5.69 Å². The van der Waals surface area contributed by atoms with Crippen molar-refractivity contribution in [3.05, 3.63) is 28.3 Å². The molecule has 1 aliphatic heterocycles. The van der Waals surface area contributed by atoms with Crippen LogP contribution in [0.25, 0.3) is 0 Å². The van der Waals surface area contributed by atoms with Crippen LogP contribution in [-0.4, -0.2) is 49.2 Å². The smallest absolute Gasteiger partial charge is 0.310 e. The third-order valence-corrected chi connectivity index (χ3v) is 6.24. The molecule has 0 atom stereocenters. The molecule has 0 spiro atoms. The predicted molar refractivity (Wildman–Crippen MR) is 82.3 cm³/mol. The van der Waals surface area contributed by atoms with Crippen LogP contribution in [0.4, 0.5) is 5.69 Å². The molecular formula is C13H21N2O5P. The summed E-state index contributed by atoms with van der Waals surface area (Å²) < 4.78 is 17.7. The van der Waals surface area contributed by atoms with E-state index in [9.17, 15) is 14.7 Å². The molecule has 0 aromatic heterocycles. The maximum absolute atomic E-state index is 12.7. The van der Waals surface area contributed by atoms with Gasteiger partial charge < -0.3 is 19.7 Å². The lowest BCUT2D eigenvalue weighted by Gasteiger charge is -2.24. The summed E-state index contributed by atoms with van der Waals surface area (Å²) in [5.74, 6) is 0.172. The van der Waals surface area contributed by atoms with Crippen LogP contribution in [0, 0.1) is 10.1 Å². The van der Waals surface area contributed by atoms with Crippen LogP contribution in [0.2, 0.25) is 0 Å². The van der Waals surface area contributed by atoms with Crippen LogP contribution in [0.15, 0.2) is 18.2 Å². The minimum absolute atomic E-state index is 0.0945. The number of rotatable bonds is 3. The average Bonchev–Trinajstić information content (AvgIpc) is 2.48. The number of nitro groups is 1. The first-order valence-electron chi connectivity index (χ1n) is 6.71. The molecule has 1 heterocycles. The number of ether oxygens (including phenoxy) is 1. The number of nitrogens with zero attached hydrogens (tertiary/aromatic N) is 1. The molecule has 1 aromatic rings. The molecule has 2 N–H and O–H groups in total. The van der Waals surface area contributed by atoms with Gasteiger partial charge in [0.25, 0.3) is 0 Å². The Hall–Kier alpha value is -1.43. The van der Waals surface area contributed by atoms with Crippen molar-refractivity contribution in [2.45, 2.75) is 6.92 Å². The van der Waals surface area contributed by atoms with Crippen molar-refractivity contribution in [2.75, 3.05) is 39.1 Å². The van der Waals surface area contributed by atoms with E-state index < -0.39 is 12.1 Å². The van der Waals surface area contributed by atoms with Crippen molar-refractivity contribution in [1.29, 1.82) is 0 Å². The second kappa shape index (κ2) is 8.12. The Morgan fingerprint density at radius 1 is 1.43 bits per heavy atom. The van der Waals surface area contributed by atoms with Crippen molar-refractivity contribution < 1.29 is 19.3 Å². The molecule has 21 heavy (non-hydrogen) atoms. The highest BCUT2D eigenvalue weighted by molar-refractivity contribution is 7.71. The van der Waals surface area contributed by atoms with Crippen LogP contribution in [0.3, 0.4) is 0 Å². The Kier molecular flexibility index (Phi) is 6.81. The number of aliphatic hydroxyl groups excluding tert-OH is 1. The molecule has 0 bridgehead atoms. The van der Waals surface area contributed by atoms with E-state index in [0.29, 0.717) is 17.6 Å². The SMILES string of the molecule is CCO.COc1cc(P2(=O)CCNCC2)ccc1[N+](=O)[O-]. The van der Waals surface area contributed by atoms with Gasteiger partial charge in [-0.15, -0.1) is 0 Å². The molecular weight excluding hydrogens is 295 g/mol. The lowest BCUT2D eigenvalue weighted by Crippen LogP contribution is -2.32. The van der Waals surface area contributed by atoms with E-state index in [1.807, 2.05) is 0 Å². The van der Waals surface area contributed by atoms with Gasteiger partial charge in [0.15, 0.2) is 5.75 Å². The molecule has 0 radical (unpaired) electrons. The van der Waals surface area contributed by atoms with Crippen LogP contribution in [0.5, 0.6) is 5.75 Å². The van der Waals surface area contributed by atoms with Gasteiger partial charge in [0.2, 0.25) is 0 Å². The van der Waals surface area contributed by atoms with Crippen LogP contribution >= 0.6 is 7.14 Å². The van der Waals surface area contributed by atoms with E-state index in [1.165, 1.54) is 13.2 Å². The van der Waals surface area contributed by atoms with E-state index in [-0.39, 0.29) is 18.0 Å². The first kappa shape index (κ1) is 17.6. The molecule has 118 valence electrons. The van der Waals surface area contributed by atoms with Gasteiger partial charge in [-0.05, 0) is 19.1 Å². The average molecular weight is 316 g/mol. The molecule has 1 saturated heterocycles. The molecule has 0 aliphatic carbocycles. The summed E-state index contributed by atoms with van der Waals surface area (Å²) in [6, 6.07) is 4.51. The van der Waals surface area contributed by atoms with Crippen molar-refractivity contribution in [3.63, 3.8) is 0 Å². The van der Waals surface area contributed by atoms with Gasteiger partial charge in [-0.2, -0.15) is 0 Å². The fraction of sp³-hybridized carbons (Fsp3) is 0.538. The minimum Gasteiger partial charge on any atom is -0.490 e. The lowest BCUT2D eigenvalue weighted by atomic mass is 10.3. The summed E-state index contributed by atoms with van der Waals surface area (Å²) in [5, 5.41) is 22.2. The summed E-state index contributed by atoms with van der Waals surface area (Å²) >= 11 is 0. The number of benzene rings is 1. The predicted octanol–water partition coefficient (Wildman–Crippen LogP) is 1.19. The standard InChI is InChI=1S/C11H15N2O4P.C2H6O/c1-17-11-8-9(2-3-10(11)13(14)15)18(16)6-4-12-5-7-18;1-2-3/h2-3,8,12H,4-7H2,1H3;3H,2H2,1H3. The summed E-state index contributed by atoms with van der Waals surface area (Å²) in [6.07, 6.45) is 1.18. The van der Waals surface area contributed by atoms with E-state index in [1.54, 1.807) is 19.1 Å². The van der Waals surface area contributed by atoms with Crippen molar-refractivity contribution in [2.24, 2.45) is 0 Å². The second-order valence-electron chi connectivity index (χ2n) is 4.52. The molecule has 1 fully saturated rings. The third-order valence-electron chi connectivity index (χ3n) is 3.13. The zero-order chi connectivity index (χ0) is 15.9. The summed E-state index contributed by atoms with van der Waals surface area (Å²) in [6.45, 7) is 3.37. The van der Waals surface area contributed by atoms with E-state index in [0.717, 1.165) is 13.1 Å². The topological polar surface area (TPSA) is 102 Å². The van der Waals surface area contributed by atoms with Crippen LogP contribution in [0.1, 0.15) is 6.92 Å². The summed E-state index contributed by atoms with van der Waals surface area (Å²) in [7, 11) is -1.04. The molecule has 1 aliphatic rings. The van der Waals surface area contributed by atoms with Gasteiger partial charge in [-0.3, -0.25) is 10.1 Å². The Labute approximate surface area is 123 Å². The fourth-order valence-corrected chi connectivity index (χ4v) is 4.56. The minimum atomic E-state index is -2.42. The van der Waals surface area contributed by atoms with E-state index in [2.05, 4.69) is 5.32 Å². The summed E-state index contributed by atoms with van der Waals surface area (Å²) in [4.78, 5) is 10.3. The van der Waals surface area contributed by atoms with Crippen LogP contribution in [-0.2, 0) is 4.57 Å². The summed E-state index contributed by atoms with van der Waals surface area (Å²) in [5.41, 5.74) is -0.0945. The first-order chi connectivity index (χ1) is 9.98. The molecule has 0 saturated carbocycles. The number of methoxy groups -OCH3 is 1. The Morgan fingerprint density at radius 3 is 2.48 bits per heavy atom. The molecule has 1 aromatic carbocycles. The second-order valence-corrected chi connectivity index (χ2v) is 7.71. The third kappa shape index (κ3) is 4.52. The highest BCUT2D eigenvalue weighted by atomic mass is 31.2. The van der Waals surface area contributed by atoms with Gasteiger partial charge in [0.05, 0.1) is 12.0 Å². The largest absolute Gasteiger partial charge is 0.490 e. The number of hydrogen-bond acceptors (Lipinski definition) is 6. The Morgan fingerprint density at radius 2 is 2.00 bits per heavy atom. The number of hydrogen-bond donors (Lipinski definition) is 2. The van der Waals surface area contributed by atoms with Crippen molar-refractivity contribution >= 4 is 18.1 Å². The molecule has 2 rings (SSSR count). The van der Waals surface area contributed by atoms with Crippen molar-refractivity contribution in [1.82, 2.24) is 5.32 Å². The number of aliphatic hydroxyl groups is 1. The normalized spacial score (nSPS) is 16.5. The van der Waals surface area contributed by atoms with Gasteiger partial charge in [-0.25, -0.2) is 0 Å². The molecule has 7 nitrogen and oxygen atoms in total. The van der Waals surface area contributed by atoms with Gasteiger partial charge in [-0.1, -0.05) is 0 Å². The zero-order valence-corrected chi connectivity index (χ0v) is 13.1. The maximum Gasteiger partial charge on any atom is 0.310 e. The molecule has 0 unspecified atom stereocenters. The van der Waals surface area contributed by atoms with Crippen molar-refractivity contribution in [3.8, 4) is 5.75 Å². The highest BCUT2D eigenvalue weighted by Gasteiger charge is 2.29. The van der Waals surface area contributed by atoms with E-state index in [4.69, 9.17) is 9.84 Å². The highest BCUT2D eigenvalue weighted by Crippen LogP contribution is 2.46. The number of nitrogens with one attached hydrogen (secondary N) is 1. The Bertz CT molecular complexity index is 525. The van der Waals surface area contributed by atoms with Gasteiger partial charge in [0, 0.05) is 43.4 Å². The quantitative estimate of drug-likeness (QED) is 0.493. The molecule has 8 heteroatoms. The first-order valence-corrected chi connectivity index (χ1v) is 8.79. The maximum atomic E-state index is 12.7. The number of nitro benzene ring substituents is 1. The molecule has 0 amide bonds. The Balaban J connectivity index is 0.000000677. The van der Waals surface area contributed by atoms with E-state index >= 15 is 0 Å². The fourth-order valence-electron chi connectivity index (χ4n) is 2.08. The monoisotopic (exact) mass is 316 g/mol. The zero-order valence-electron chi connectivity index (χ0n) is 12.2.